The molecule has 5 heteroatoms. The van der Waals surface area contributed by atoms with Gasteiger partial charge in [0.25, 0.3) is 0 Å². The van der Waals surface area contributed by atoms with Gasteiger partial charge in [-0.25, -0.2) is 0 Å². The van der Waals surface area contributed by atoms with E-state index in [2.05, 4.69) is 10.6 Å². The van der Waals surface area contributed by atoms with Crippen LogP contribution in [0.15, 0.2) is 48.5 Å². The van der Waals surface area contributed by atoms with Gasteiger partial charge >= 0.3 is 0 Å². The molecule has 0 spiro atoms. The lowest BCUT2D eigenvalue weighted by molar-refractivity contribution is -0.125. The third-order valence-corrected chi connectivity index (χ3v) is 4.60. The van der Waals surface area contributed by atoms with Crippen molar-refractivity contribution in [1.29, 1.82) is 0 Å². The van der Waals surface area contributed by atoms with Crippen LogP contribution in [0.5, 0.6) is 11.5 Å². The molecule has 1 amide bonds. The Kier molecular flexibility index (Phi) is 6.50. The molecule has 2 aromatic rings. The summed E-state index contributed by atoms with van der Waals surface area (Å²) >= 11 is 0. The predicted octanol–water partition coefficient (Wildman–Crippen LogP) is 2.89. The van der Waals surface area contributed by atoms with Crippen molar-refractivity contribution in [3.8, 4) is 11.5 Å². The van der Waals surface area contributed by atoms with E-state index in [0.717, 1.165) is 37.1 Å². The van der Waals surface area contributed by atoms with Crippen molar-refractivity contribution in [3.05, 3.63) is 59.7 Å². The van der Waals surface area contributed by atoms with Crippen LogP contribution in [-0.4, -0.2) is 26.1 Å². The Balaban J connectivity index is 1.56. The maximum atomic E-state index is 12.2. The lowest BCUT2D eigenvalue weighted by atomic mass is 9.99. The fourth-order valence-electron chi connectivity index (χ4n) is 3.09. The summed E-state index contributed by atoms with van der Waals surface area (Å²) in [6, 6.07) is 15.8. The second-order valence-corrected chi connectivity index (χ2v) is 6.52. The van der Waals surface area contributed by atoms with Crippen molar-refractivity contribution >= 4 is 5.91 Å². The fraction of sp³-hybridized carbons (Fsp3) is 0.381. The van der Waals surface area contributed by atoms with Gasteiger partial charge in [0.15, 0.2) is 11.5 Å². The molecule has 1 fully saturated rings. The number of methoxy groups -OCH3 is 1. The second-order valence-electron chi connectivity index (χ2n) is 6.52. The van der Waals surface area contributed by atoms with Gasteiger partial charge in [-0.3, -0.25) is 4.79 Å². The van der Waals surface area contributed by atoms with Crippen molar-refractivity contribution < 1.29 is 14.3 Å². The molecular formula is C21H26N2O3. The number of carbonyl (C=O) groups excluding carboxylic acids is 1. The van der Waals surface area contributed by atoms with Crippen LogP contribution in [0, 0.1) is 5.92 Å². The number of ether oxygens (including phenoxy) is 2. The minimum absolute atomic E-state index is 0.0686. The number of hydrogen-bond acceptors (Lipinski definition) is 4. The average Bonchev–Trinajstić information content (AvgIpc) is 2.72. The lowest BCUT2D eigenvalue weighted by Crippen LogP contribution is -2.40. The van der Waals surface area contributed by atoms with Crippen molar-refractivity contribution in [2.75, 3.05) is 20.2 Å². The van der Waals surface area contributed by atoms with Gasteiger partial charge in [0.05, 0.1) is 13.0 Å². The standard InChI is InChI=1S/C21H26N2O3/c1-25-20-12-17(13-23-21(24)18-8-5-11-22-14-18)9-10-19(20)26-15-16-6-3-2-4-7-16/h2-4,6-7,9-10,12,18,22H,5,8,11,13-15H2,1H3,(H,23,24)/t18-/m0/s1. The Morgan fingerprint density at radius 2 is 2.00 bits per heavy atom. The van der Waals surface area contributed by atoms with E-state index in [1.165, 1.54) is 0 Å². The van der Waals surface area contributed by atoms with Gasteiger partial charge in [0.2, 0.25) is 5.91 Å². The molecule has 2 N–H and O–H groups in total. The van der Waals surface area contributed by atoms with Crippen LogP contribution in [0.2, 0.25) is 0 Å². The number of carbonyl (C=O) groups is 1. The normalized spacial score (nSPS) is 16.7. The first-order valence-corrected chi connectivity index (χ1v) is 9.08. The zero-order valence-corrected chi connectivity index (χ0v) is 15.2. The number of piperidine rings is 1. The van der Waals surface area contributed by atoms with E-state index in [4.69, 9.17) is 9.47 Å². The first-order chi connectivity index (χ1) is 12.8. The van der Waals surface area contributed by atoms with Crippen molar-refractivity contribution in [2.45, 2.75) is 26.0 Å². The Morgan fingerprint density at radius 1 is 1.15 bits per heavy atom. The van der Waals surface area contributed by atoms with Gasteiger partial charge in [-0.05, 0) is 42.6 Å². The number of rotatable bonds is 7. The third-order valence-electron chi connectivity index (χ3n) is 4.60. The molecule has 138 valence electrons. The second kappa shape index (κ2) is 9.25. The SMILES string of the molecule is COc1cc(CNC(=O)[C@H]2CCCNC2)ccc1OCc1ccccc1. The molecule has 0 aromatic heterocycles. The van der Waals surface area contributed by atoms with Crippen molar-refractivity contribution in [3.63, 3.8) is 0 Å². The smallest absolute Gasteiger partial charge is 0.224 e. The molecule has 0 bridgehead atoms. The Morgan fingerprint density at radius 3 is 2.73 bits per heavy atom. The minimum Gasteiger partial charge on any atom is -0.493 e. The molecular weight excluding hydrogens is 328 g/mol. The summed E-state index contributed by atoms with van der Waals surface area (Å²) in [5, 5.41) is 6.29. The number of hydrogen-bond donors (Lipinski definition) is 2. The van der Waals surface area contributed by atoms with E-state index < -0.39 is 0 Å². The van der Waals surface area contributed by atoms with E-state index in [9.17, 15) is 4.79 Å². The predicted molar refractivity (Wildman–Crippen MR) is 101 cm³/mol. The van der Waals surface area contributed by atoms with Crippen LogP contribution in [0.4, 0.5) is 0 Å². The molecule has 1 aliphatic heterocycles. The summed E-state index contributed by atoms with van der Waals surface area (Å²) in [5.74, 6) is 1.55. The van der Waals surface area contributed by atoms with E-state index in [0.29, 0.717) is 24.7 Å². The van der Waals surface area contributed by atoms with E-state index >= 15 is 0 Å². The highest BCUT2D eigenvalue weighted by atomic mass is 16.5. The summed E-state index contributed by atoms with van der Waals surface area (Å²) in [6.07, 6.45) is 2.01. The van der Waals surface area contributed by atoms with Gasteiger partial charge in [-0.1, -0.05) is 36.4 Å². The molecule has 2 aromatic carbocycles. The molecule has 0 aliphatic carbocycles. The number of nitrogens with one attached hydrogen (secondary N) is 2. The highest BCUT2D eigenvalue weighted by Crippen LogP contribution is 2.29. The summed E-state index contributed by atoms with van der Waals surface area (Å²) in [4.78, 5) is 12.2. The molecule has 0 unspecified atom stereocenters. The van der Waals surface area contributed by atoms with E-state index in [-0.39, 0.29) is 11.8 Å². The zero-order valence-electron chi connectivity index (χ0n) is 15.2. The van der Waals surface area contributed by atoms with Crippen LogP contribution in [0.3, 0.4) is 0 Å². The van der Waals surface area contributed by atoms with Crippen molar-refractivity contribution in [2.24, 2.45) is 5.92 Å². The van der Waals surface area contributed by atoms with E-state index in [1.807, 2.05) is 48.5 Å². The first-order valence-electron chi connectivity index (χ1n) is 9.08. The quantitative estimate of drug-likeness (QED) is 0.803. The van der Waals surface area contributed by atoms with Gasteiger partial charge < -0.3 is 20.1 Å². The highest BCUT2D eigenvalue weighted by molar-refractivity contribution is 5.79. The highest BCUT2D eigenvalue weighted by Gasteiger charge is 2.20. The molecule has 3 rings (SSSR count). The summed E-state index contributed by atoms with van der Waals surface area (Å²) in [7, 11) is 1.63. The number of amides is 1. The first kappa shape index (κ1) is 18.3. The zero-order chi connectivity index (χ0) is 18.2. The maximum Gasteiger partial charge on any atom is 0.224 e. The largest absolute Gasteiger partial charge is 0.493 e. The Bertz CT molecular complexity index is 712. The van der Waals surface area contributed by atoms with Gasteiger partial charge in [-0.2, -0.15) is 0 Å². The molecule has 0 radical (unpaired) electrons. The fourth-order valence-corrected chi connectivity index (χ4v) is 3.09. The molecule has 1 atom stereocenters. The van der Waals surface area contributed by atoms with Crippen LogP contribution < -0.4 is 20.1 Å². The minimum atomic E-state index is 0.0686. The third kappa shape index (κ3) is 4.99. The molecule has 1 saturated heterocycles. The van der Waals surface area contributed by atoms with Crippen LogP contribution in [0.25, 0.3) is 0 Å². The summed E-state index contributed by atoms with van der Waals surface area (Å²) < 4.78 is 11.3. The van der Waals surface area contributed by atoms with Gasteiger partial charge in [0.1, 0.15) is 6.61 Å². The topological polar surface area (TPSA) is 59.6 Å². The van der Waals surface area contributed by atoms with Crippen molar-refractivity contribution in [1.82, 2.24) is 10.6 Å². The number of benzene rings is 2. The van der Waals surface area contributed by atoms with E-state index in [1.54, 1.807) is 7.11 Å². The molecule has 5 nitrogen and oxygen atoms in total. The Hall–Kier alpha value is -2.53. The molecule has 0 saturated carbocycles. The molecule has 1 aliphatic rings. The molecule has 26 heavy (non-hydrogen) atoms. The molecule has 1 heterocycles. The van der Waals surface area contributed by atoms with Crippen LogP contribution in [-0.2, 0) is 17.9 Å². The summed E-state index contributed by atoms with van der Waals surface area (Å²) in [5.41, 5.74) is 2.10. The summed E-state index contributed by atoms with van der Waals surface area (Å²) in [6.45, 7) is 2.75. The van der Waals surface area contributed by atoms with Crippen LogP contribution in [0.1, 0.15) is 24.0 Å². The monoisotopic (exact) mass is 354 g/mol. The van der Waals surface area contributed by atoms with Crippen LogP contribution >= 0.6 is 0 Å². The Labute approximate surface area is 154 Å². The average molecular weight is 354 g/mol. The van der Waals surface area contributed by atoms with Gasteiger partial charge in [0, 0.05) is 13.1 Å². The lowest BCUT2D eigenvalue weighted by Gasteiger charge is -2.22. The van der Waals surface area contributed by atoms with Gasteiger partial charge in [-0.15, -0.1) is 0 Å². The maximum absolute atomic E-state index is 12.2.